The van der Waals surface area contributed by atoms with Crippen LogP contribution in [-0.4, -0.2) is 35.8 Å². The molecule has 0 aliphatic heterocycles. The first-order valence-electron chi connectivity index (χ1n) is 10.3. The average Bonchev–Trinajstić information content (AvgIpc) is 3.09. The molecule has 2 aromatic rings. The molecule has 8 heteroatoms. The molecular formula is C22H28N2O5S. The number of urea groups is 1. The SMILES string of the molecule is CC(C)NC(=O)NC(=O)COC(=O)c1oc2ccccc2c1CSC1CCCCC1. The minimum atomic E-state index is -0.704. The van der Waals surface area contributed by atoms with Gasteiger partial charge in [0.2, 0.25) is 5.76 Å². The fourth-order valence-electron chi connectivity index (χ4n) is 3.50. The van der Waals surface area contributed by atoms with E-state index in [4.69, 9.17) is 9.15 Å². The van der Waals surface area contributed by atoms with Crippen LogP contribution in [-0.2, 0) is 15.3 Å². The van der Waals surface area contributed by atoms with Crippen LogP contribution in [0.25, 0.3) is 11.0 Å². The Morgan fingerprint density at radius 3 is 2.63 bits per heavy atom. The van der Waals surface area contributed by atoms with Crippen LogP contribution in [0.1, 0.15) is 62.1 Å². The van der Waals surface area contributed by atoms with Crippen LogP contribution in [0.5, 0.6) is 0 Å². The number of thioether (sulfide) groups is 1. The van der Waals surface area contributed by atoms with E-state index in [1.165, 1.54) is 32.1 Å². The zero-order chi connectivity index (χ0) is 21.5. The summed E-state index contributed by atoms with van der Waals surface area (Å²) in [4.78, 5) is 36.1. The largest absolute Gasteiger partial charge is 0.450 e. The number of amides is 3. The second kappa shape index (κ2) is 10.5. The number of hydrogen-bond acceptors (Lipinski definition) is 6. The van der Waals surface area contributed by atoms with E-state index in [-0.39, 0.29) is 11.8 Å². The molecular weight excluding hydrogens is 404 g/mol. The molecule has 0 radical (unpaired) electrons. The lowest BCUT2D eigenvalue weighted by atomic mass is 10.0. The highest BCUT2D eigenvalue weighted by molar-refractivity contribution is 7.99. The quantitative estimate of drug-likeness (QED) is 0.630. The Morgan fingerprint density at radius 1 is 1.17 bits per heavy atom. The van der Waals surface area contributed by atoms with E-state index < -0.39 is 24.5 Å². The lowest BCUT2D eigenvalue weighted by Gasteiger charge is -2.20. The summed E-state index contributed by atoms with van der Waals surface area (Å²) in [6.45, 7) is 2.99. The van der Waals surface area contributed by atoms with Crippen LogP contribution in [0.2, 0.25) is 0 Å². The second-order valence-corrected chi connectivity index (χ2v) is 9.02. The molecule has 1 aromatic heterocycles. The van der Waals surface area contributed by atoms with Crippen LogP contribution >= 0.6 is 11.8 Å². The predicted octanol–water partition coefficient (Wildman–Crippen LogP) is 4.39. The van der Waals surface area contributed by atoms with Crippen LogP contribution in [0.3, 0.4) is 0 Å². The van der Waals surface area contributed by atoms with E-state index in [1.54, 1.807) is 13.8 Å². The Morgan fingerprint density at radius 2 is 1.90 bits per heavy atom. The summed E-state index contributed by atoms with van der Waals surface area (Å²) in [5.74, 6) is -0.630. The third-order valence-corrected chi connectivity index (χ3v) is 6.30. The number of benzene rings is 1. The summed E-state index contributed by atoms with van der Waals surface area (Å²) in [5, 5.41) is 6.13. The molecule has 1 aliphatic rings. The predicted molar refractivity (Wildman–Crippen MR) is 116 cm³/mol. The summed E-state index contributed by atoms with van der Waals surface area (Å²) in [7, 11) is 0. The highest BCUT2D eigenvalue weighted by Gasteiger charge is 2.24. The number of hydrogen-bond donors (Lipinski definition) is 2. The van der Waals surface area contributed by atoms with Gasteiger partial charge >= 0.3 is 12.0 Å². The number of nitrogens with one attached hydrogen (secondary N) is 2. The Kier molecular flexibility index (Phi) is 7.79. The number of ether oxygens (including phenoxy) is 1. The normalized spacial score (nSPS) is 14.6. The van der Waals surface area contributed by atoms with Gasteiger partial charge in [0, 0.05) is 28.0 Å². The minimum Gasteiger partial charge on any atom is -0.450 e. The van der Waals surface area contributed by atoms with Crippen LogP contribution < -0.4 is 10.6 Å². The monoisotopic (exact) mass is 432 g/mol. The zero-order valence-electron chi connectivity index (χ0n) is 17.4. The molecule has 1 aromatic carbocycles. The molecule has 162 valence electrons. The van der Waals surface area contributed by atoms with Gasteiger partial charge < -0.3 is 14.5 Å². The van der Waals surface area contributed by atoms with Gasteiger partial charge in [0.25, 0.3) is 5.91 Å². The van der Waals surface area contributed by atoms with E-state index in [0.29, 0.717) is 16.6 Å². The average molecular weight is 433 g/mol. The topological polar surface area (TPSA) is 97.6 Å². The molecule has 2 N–H and O–H groups in total. The molecule has 30 heavy (non-hydrogen) atoms. The number of carbonyl (C=O) groups excluding carboxylic acids is 3. The Labute approximate surface area is 180 Å². The van der Waals surface area contributed by atoms with E-state index in [0.717, 1.165) is 10.9 Å². The number of esters is 1. The van der Waals surface area contributed by atoms with Gasteiger partial charge in [0.1, 0.15) is 5.58 Å². The molecule has 3 rings (SSSR count). The lowest BCUT2D eigenvalue weighted by Crippen LogP contribution is -2.44. The first-order valence-corrected chi connectivity index (χ1v) is 11.4. The third-order valence-electron chi connectivity index (χ3n) is 4.91. The summed E-state index contributed by atoms with van der Waals surface area (Å²) in [6.07, 6.45) is 6.18. The van der Waals surface area contributed by atoms with Gasteiger partial charge in [0.15, 0.2) is 6.61 Å². The van der Waals surface area contributed by atoms with E-state index in [2.05, 4.69) is 10.6 Å². The number of fused-ring (bicyclic) bond motifs is 1. The van der Waals surface area contributed by atoms with Crippen molar-refractivity contribution in [1.82, 2.24) is 10.6 Å². The summed E-state index contributed by atoms with van der Waals surface area (Å²) < 4.78 is 10.9. The standard InChI is InChI=1S/C22H28N2O5S/c1-14(2)23-22(27)24-19(25)12-28-21(26)20-17(13-30-15-8-4-3-5-9-15)16-10-6-7-11-18(16)29-20/h6-7,10-11,14-15H,3-5,8-9,12-13H2,1-2H3,(H2,23,24,25,27). The summed E-state index contributed by atoms with van der Waals surface area (Å²) in [5.41, 5.74) is 1.41. The van der Waals surface area contributed by atoms with Crippen LogP contribution in [0.15, 0.2) is 28.7 Å². The fraction of sp³-hybridized carbons (Fsp3) is 0.500. The van der Waals surface area contributed by atoms with Crippen molar-refractivity contribution in [2.24, 2.45) is 0 Å². The van der Waals surface area contributed by atoms with Gasteiger partial charge in [-0.3, -0.25) is 10.1 Å². The van der Waals surface area contributed by atoms with Gasteiger partial charge in [-0.05, 0) is 32.8 Å². The summed E-state index contributed by atoms with van der Waals surface area (Å²) in [6, 6.07) is 6.75. The van der Waals surface area contributed by atoms with Gasteiger partial charge in [0.05, 0.1) is 0 Å². The Balaban J connectivity index is 1.65. The third kappa shape index (κ3) is 6.01. The Hall–Kier alpha value is -2.48. The number of carbonyl (C=O) groups is 3. The van der Waals surface area contributed by atoms with Crippen LogP contribution in [0, 0.1) is 0 Å². The van der Waals surface area contributed by atoms with Crippen molar-refractivity contribution in [3.8, 4) is 0 Å². The van der Waals surface area contributed by atoms with Gasteiger partial charge in [-0.2, -0.15) is 11.8 Å². The maximum Gasteiger partial charge on any atom is 0.375 e. The van der Waals surface area contributed by atoms with Crippen molar-refractivity contribution in [3.63, 3.8) is 0 Å². The van der Waals surface area contributed by atoms with Crippen molar-refractivity contribution in [3.05, 3.63) is 35.6 Å². The first kappa shape index (κ1) is 22.2. The van der Waals surface area contributed by atoms with Crippen molar-refractivity contribution in [1.29, 1.82) is 0 Å². The van der Waals surface area contributed by atoms with Crippen molar-refractivity contribution < 1.29 is 23.5 Å². The van der Waals surface area contributed by atoms with Crippen molar-refractivity contribution in [2.75, 3.05) is 6.61 Å². The number of para-hydroxylation sites is 1. The molecule has 0 bridgehead atoms. The van der Waals surface area contributed by atoms with Crippen molar-refractivity contribution >= 4 is 40.6 Å². The van der Waals surface area contributed by atoms with E-state index in [9.17, 15) is 14.4 Å². The minimum absolute atomic E-state index is 0.111. The number of furan rings is 1. The number of rotatable bonds is 7. The molecule has 1 saturated carbocycles. The first-order chi connectivity index (χ1) is 14.4. The lowest BCUT2D eigenvalue weighted by molar-refractivity contribution is -0.123. The maximum absolute atomic E-state index is 12.6. The fourth-order valence-corrected chi connectivity index (χ4v) is 4.85. The van der Waals surface area contributed by atoms with Gasteiger partial charge in [-0.1, -0.05) is 37.5 Å². The van der Waals surface area contributed by atoms with Crippen molar-refractivity contribution in [2.45, 2.75) is 63.0 Å². The molecule has 1 aliphatic carbocycles. The molecule has 3 amide bonds. The van der Waals surface area contributed by atoms with Crippen LogP contribution in [0.4, 0.5) is 4.79 Å². The molecule has 7 nitrogen and oxygen atoms in total. The Bertz CT molecular complexity index is 902. The molecule has 1 fully saturated rings. The molecule has 1 heterocycles. The van der Waals surface area contributed by atoms with E-state index in [1.807, 2.05) is 36.0 Å². The number of imide groups is 1. The zero-order valence-corrected chi connectivity index (χ0v) is 18.2. The summed E-state index contributed by atoms with van der Waals surface area (Å²) >= 11 is 1.84. The van der Waals surface area contributed by atoms with Gasteiger partial charge in [-0.15, -0.1) is 0 Å². The molecule has 0 saturated heterocycles. The highest BCUT2D eigenvalue weighted by Crippen LogP contribution is 2.35. The highest BCUT2D eigenvalue weighted by atomic mass is 32.2. The van der Waals surface area contributed by atoms with Gasteiger partial charge in [-0.25, -0.2) is 9.59 Å². The maximum atomic E-state index is 12.6. The molecule has 0 atom stereocenters. The second-order valence-electron chi connectivity index (χ2n) is 7.73. The van der Waals surface area contributed by atoms with E-state index >= 15 is 0 Å². The molecule has 0 unspecified atom stereocenters. The molecule has 0 spiro atoms. The smallest absolute Gasteiger partial charge is 0.375 e.